The summed E-state index contributed by atoms with van der Waals surface area (Å²) in [6, 6.07) is 0. The molecule has 0 unspecified atom stereocenters. The smallest absolute Gasteiger partial charge is 0.321 e. The van der Waals surface area contributed by atoms with Gasteiger partial charge >= 0.3 is 7.60 Å². The lowest BCUT2D eigenvalue weighted by atomic mass is 10.5. The van der Waals surface area contributed by atoms with Gasteiger partial charge in [0.15, 0.2) is 0 Å². The van der Waals surface area contributed by atoms with Crippen LogP contribution in [0.5, 0.6) is 0 Å². The van der Waals surface area contributed by atoms with E-state index in [1.807, 2.05) is 0 Å². The Morgan fingerprint density at radius 2 is 2.00 bits per heavy atom. The second-order valence-corrected chi connectivity index (χ2v) is 5.41. The quantitative estimate of drug-likeness (QED) is 0.393. The van der Waals surface area contributed by atoms with Crippen molar-refractivity contribution in [2.75, 3.05) is 12.9 Å². The molecule has 0 atom stereocenters. The van der Waals surface area contributed by atoms with Crippen molar-refractivity contribution >= 4 is 17.7 Å². The molecule has 6 nitrogen and oxygen atoms in total. The highest BCUT2D eigenvalue weighted by molar-refractivity contribution is 7.85. The molecule has 0 aromatic heterocycles. The van der Waals surface area contributed by atoms with Crippen molar-refractivity contribution in [2.45, 2.75) is 6.42 Å². The monoisotopic (exact) mass is 230 g/mol. The molecule has 0 aliphatic heterocycles. The Bertz CT molecular complexity index is 312. The summed E-state index contributed by atoms with van der Waals surface area (Å²) in [6.07, 6.45) is 2.21. The van der Waals surface area contributed by atoms with Gasteiger partial charge in [-0.2, -0.15) is 8.42 Å². The molecule has 13 heavy (non-hydrogen) atoms. The Morgan fingerprint density at radius 1 is 1.46 bits per heavy atom. The van der Waals surface area contributed by atoms with Gasteiger partial charge in [-0.05, 0) is 6.42 Å². The van der Waals surface area contributed by atoms with Gasteiger partial charge in [0.2, 0.25) is 0 Å². The van der Waals surface area contributed by atoms with Crippen LogP contribution in [0.1, 0.15) is 6.42 Å². The van der Waals surface area contributed by atoms with Gasteiger partial charge in [-0.1, -0.05) is 6.08 Å². The highest BCUT2D eigenvalue weighted by Gasteiger charge is 2.05. The predicted octanol–water partition coefficient (Wildman–Crippen LogP) is 0.0441. The molecule has 0 saturated carbocycles. The summed E-state index contributed by atoms with van der Waals surface area (Å²) in [6.45, 7) is -0.116. The topological polar surface area (TPSA) is 101 Å². The first-order valence-electron chi connectivity index (χ1n) is 3.28. The predicted molar refractivity (Wildman–Crippen MR) is 46.6 cm³/mol. The lowest BCUT2D eigenvalue weighted by Crippen LogP contribution is -2.02. The van der Waals surface area contributed by atoms with Crippen LogP contribution < -0.4 is 0 Å². The molecule has 0 aliphatic rings. The maximum Gasteiger partial charge on any atom is 0.348 e. The van der Waals surface area contributed by atoms with Crippen LogP contribution in [0.3, 0.4) is 0 Å². The van der Waals surface area contributed by atoms with E-state index in [0.29, 0.717) is 5.82 Å². The van der Waals surface area contributed by atoms with Crippen molar-refractivity contribution in [3.05, 3.63) is 11.9 Å². The molecule has 0 heterocycles. The average Bonchev–Trinajstić information content (AvgIpc) is 1.81. The first-order valence-corrected chi connectivity index (χ1v) is 6.78. The Morgan fingerprint density at radius 3 is 2.38 bits per heavy atom. The van der Waals surface area contributed by atoms with E-state index in [9.17, 15) is 13.0 Å². The Kier molecular flexibility index (Phi) is 4.80. The van der Waals surface area contributed by atoms with E-state index < -0.39 is 17.7 Å². The van der Waals surface area contributed by atoms with Crippen molar-refractivity contribution in [1.29, 1.82) is 0 Å². The second kappa shape index (κ2) is 4.88. The lowest BCUT2D eigenvalue weighted by molar-refractivity contribution is 0.328. The Balaban J connectivity index is 3.71. The van der Waals surface area contributed by atoms with Crippen LogP contribution in [0.25, 0.3) is 0 Å². The molecule has 2 N–H and O–H groups in total. The molecule has 0 spiro atoms. The molecule has 78 valence electrons. The highest BCUT2D eigenvalue weighted by Crippen LogP contribution is 2.35. The molecule has 0 radical (unpaired) electrons. The van der Waals surface area contributed by atoms with Gasteiger partial charge in [-0.15, -0.1) is 0 Å². The fourth-order valence-electron chi connectivity index (χ4n) is 0.479. The van der Waals surface area contributed by atoms with Crippen molar-refractivity contribution in [2.24, 2.45) is 0 Å². The van der Waals surface area contributed by atoms with E-state index in [0.717, 1.165) is 6.26 Å². The highest BCUT2D eigenvalue weighted by atomic mass is 32.2. The van der Waals surface area contributed by atoms with Gasteiger partial charge in [0, 0.05) is 5.82 Å². The molecule has 0 fully saturated rings. The summed E-state index contributed by atoms with van der Waals surface area (Å²) >= 11 is 0. The number of hydrogen-bond acceptors (Lipinski definition) is 4. The van der Waals surface area contributed by atoms with Gasteiger partial charge < -0.3 is 9.79 Å². The van der Waals surface area contributed by atoms with Crippen molar-refractivity contribution < 1.29 is 27.0 Å². The zero-order chi connectivity index (χ0) is 10.5. The molecule has 0 bridgehead atoms. The van der Waals surface area contributed by atoms with Gasteiger partial charge in [0.1, 0.15) is 0 Å². The van der Waals surface area contributed by atoms with E-state index in [1.54, 1.807) is 0 Å². The normalized spacial score (nSPS) is 13.8. The van der Waals surface area contributed by atoms with Gasteiger partial charge in [0.05, 0.1) is 12.9 Å². The number of hydrogen-bond donors (Lipinski definition) is 2. The summed E-state index contributed by atoms with van der Waals surface area (Å²) in [5.74, 6) is 0.707. The van der Waals surface area contributed by atoms with Crippen molar-refractivity contribution in [3.8, 4) is 0 Å². The minimum atomic E-state index is -4.13. The van der Waals surface area contributed by atoms with E-state index in [-0.39, 0.29) is 13.0 Å². The third-order valence-electron chi connectivity index (χ3n) is 0.882. The van der Waals surface area contributed by atoms with E-state index >= 15 is 0 Å². The first kappa shape index (κ1) is 12.8. The molecule has 0 saturated heterocycles. The molecule has 0 aliphatic carbocycles. The molecular weight excluding hydrogens is 219 g/mol. The Hall–Kier alpha value is -0.200. The zero-order valence-electron chi connectivity index (χ0n) is 6.95. The van der Waals surface area contributed by atoms with Gasteiger partial charge in [0.25, 0.3) is 10.1 Å². The average molecular weight is 230 g/mol. The van der Waals surface area contributed by atoms with E-state index in [1.165, 1.54) is 6.08 Å². The van der Waals surface area contributed by atoms with Crippen LogP contribution in [0.15, 0.2) is 11.9 Å². The van der Waals surface area contributed by atoms with Crippen molar-refractivity contribution in [3.63, 3.8) is 0 Å². The fourth-order valence-corrected chi connectivity index (χ4v) is 1.30. The fraction of sp³-hybridized carbons (Fsp3) is 0.600. The summed E-state index contributed by atoms with van der Waals surface area (Å²) in [5.41, 5.74) is 0. The maximum atomic E-state index is 10.4. The summed E-state index contributed by atoms with van der Waals surface area (Å²) in [4.78, 5) is 16.7. The summed E-state index contributed by atoms with van der Waals surface area (Å²) < 4.78 is 35.3. The molecule has 0 rings (SSSR count). The largest absolute Gasteiger partial charge is 0.348 e. The zero-order valence-corrected chi connectivity index (χ0v) is 8.66. The van der Waals surface area contributed by atoms with Crippen LogP contribution >= 0.6 is 7.60 Å². The van der Waals surface area contributed by atoms with Gasteiger partial charge in [-0.25, -0.2) is 0 Å². The number of rotatable bonds is 5. The van der Waals surface area contributed by atoms with Crippen LogP contribution in [0.4, 0.5) is 0 Å². The van der Waals surface area contributed by atoms with E-state index in [4.69, 9.17) is 9.79 Å². The minimum Gasteiger partial charge on any atom is -0.321 e. The third-order valence-corrected chi connectivity index (χ3v) is 2.08. The van der Waals surface area contributed by atoms with Crippen LogP contribution in [-0.4, -0.2) is 31.1 Å². The molecule has 8 heteroatoms. The molecule has 0 aromatic rings. The molecule has 0 amide bonds. The standard InChI is InChI=1S/C5H11O6PS/c1-13(9,10)11-4-2-3-5-12(6,7)8/h3,5H,2,4H2,1H3,(H2,6,7,8). The summed E-state index contributed by atoms with van der Waals surface area (Å²) in [7, 11) is -7.60. The third kappa shape index (κ3) is 11.8. The molecular formula is C5H11O6PS. The van der Waals surface area contributed by atoms with Gasteiger partial charge in [-0.3, -0.25) is 8.75 Å². The van der Waals surface area contributed by atoms with Crippen LogP contribution in [0, 0.1) is 0 Å². The van der Waals surface area contributed by atoms with Crippen molar-refractivity contribution in [1.82, 2.24) is 0 Å². The Labute approximate surface area is 76.5 Å². The minimum absolute atomic E-state index is 0.116. The molecule has 0 aromatic carbocycles. The summed E-state index contributed by atoms with van der Waals surface area (Å²) in [5, 5.41) is 0. The lowest BCUT2D eigenvalue weighted by Gasteiger charge is -1.97. The van der Waals surface area contributed by atoms with Crippen LogP contribution in [0.2, 0.25) is 0 Å². The van der Waals surface area contributed by atoms with E-state index in [2.05, 4.69) is 4.18 Å². The van der Waals surface area contributed by atoms with Crippen LogP contribution in [-0.2, 0) is 18.9 Å². The SMILES string of the molecule is CS(=O)(=O)OCCC=CP(=O)(O)O. The second-order valence-electron chi connectivity index (χ2n) is 2.29. The first-order chi connectivity index (χ1) is 5.71. The maximum absolute atomic E-state index is 10.4.